The van der Waals surface area contributed by atoms with Gasteiger partial charge in [0.2, 0.25) is 30.1 Å². The van der Waals surface area contributed by atoms with E-state index in [-0.39, 0.29) is 66.1 Å². The van der Waals surface area contributed by atoms with E-state index in [0.29, 0.717) is 33.4 Å². The second-order valence-electron chi connectivity index (χ2n) is 19.1. The molecule has 9 aromatic carbocycles. The lowest BCUT2D eigenvalue weighted by Gasteiger charge is -2.09. The molecule has 30 heteroatoms. The number of halogens is 6. The van der Waals surface area contributed by atoms with E-state index in [9.17, 15) is 67.2 Å². The highest BCUT2D eigenvalue weighted by atomic mass is 35.5. The number of hydrazine groups is 3. The minimum atomic E-state index is -3.90. The third-order valence-electron chi connectivity index (χ3n) is 12.6. The quantitative estimate of drug-likeness (QED) is 0.0363. The van der Waals surface area contributed by atoms with E-state index in [1.165, 1.54) is 36.4 Å². The monoisotopic (exact) mass is 1380 g/mol. The summed E-state index contributed by atoms with van der Waals surface area (Å²) in [6.07, 6.45) is 0. The molecule has 0 bridgehead atoms. The van der Waals surface area contributed by atoms with E-state index in [1.54, 1.807) is 127 Å². The van der Waals surface area contributed by atoms with Crippen molar-refractivity contribution in [1.82, 2.24) is 46.7 Å². The van der Waals surface area contributed by atoms with Crippen LogP contribution in [-0.4, -0.2) is 60.7 Å². The molecule has 0 heterocycles. The van der Waals surface area contributed by atoms with Gasteiger partial charge >= 0.3 is 0 Å². The topological polar surface area (TPSA) is 313 Å². The van der Waals surface area contributed by atoms with Crippen molar-refractivity contribution >= 4 is 100 Å². The lowest BCUT2D eigenvalue weighted by molar-refractivity contribution is 0.0846. The molecule has 0 fully saturated rings. The van der Waals surface area contributed by atoms with Gasteiger partial charge in [-0.1, -0.05) is 126 Å². The van der Waals surface area contributed by atoms with Crippen LogP contribution in [0.2, 0.25) is 15.1 Å². The molecule has 0 unspecified atom stereocenters. The molecule has 9 aromatic rings. The molecule has 9 rings (SSSR count). The van der Waals surface area contributed by atoms with Crippen molar-refractivity contribution in [2.45, 2.75) is 34.3 Å². The van der Waals surface area contributed by atoms with E-state index in [2.05, 4.69) is 46.7 Å². The number of hydrogen-bond donors (Lipinski definition) is 9. The zero-order chi connectivity index (χ0) is 67.3. The SMILES string of the molecule is O=C(NNC(=O)c1ccc(CNS(=O)(=O)c2ccc(F)c(Cl)c2)cc1)c1ccccc1.O=C(NNC(=O)c1ccc(CNS(=O)(=O)c2ccc(F)c(Cl)c2)cc1)c1ccccc1.O=C(NNC(=O)c1ccc(CNS(=O)(=O)c2ccc(F)c(Cl)c2)cc1)c1ccccc1. The maximum Gasteiger partial charge on any atom is 0.269 e. The van der Waals surface area contributed by atoms with Crippen LogP contribution >= 0.6 is 34.8 Å². The predicted octanol–water partition coefficient (Wildman–Crippen LogP) is 9.10. The Labute approximate surface area is 546 Å². The molecule has 0 aliphatic heterocycles. The molecule has 0 aliphatic carbocycles. The minimum absolute atomic E-state index is 0.0516. The van der Waals surface area contributed by atoms with Crippen LogP contribution in [0, 0.1) is 17.5 Å². The first-order valence-electron chi connectivity index (χ1n) is 26.9. The Bertz CT molecular complexity index is 4070. The number of rotatable bonds is 18. The first-order valence-corrected chi connectivity index (χ1v) is 32.4. The van der Waals surface area contributed by atoms with E-state index < -0.39 is 83.0 Å². The molecule has 0 saturated carbocycles. The van der Waals surface area contributed by atoms with Crippen LogP contribution in [0.4, 0.5) is 13.2 Å². The van der Waals surface area contributed by atoms with Crippen LogP contribution in [0.25, 0.3) is 0 Å². The summed E-state index contributed by atoms with van der Waals surface area (Å²) in [5, 5.41) is -0.882. The zero-order valence-electron chi connectivity index (χ0n) is 47.8. The van der Waals surface area contributed by atoms with Crippen molar-refractivity contribution in [1.29, 1.82) is 0 Å². The lowest BCUT2D eigenvalue weighted by atomic mass is 10.1. The number of hydrogen-bond acceptors (Lipinski definition) is 12. The van der Waals surface area contributed by atoms with E-state index in [0.717, 1.165) is 54.6 Å². The van der Waals surface area contributed by atoms with Crippen molar-refractivity contribution in [3.63, 3.8) is 0 Å². The highest BCUT2D eigenvalue weighted by Gasteiger charge is 2.20. The standard InChI is InChI=1S/3C21H17ClFN3O4S/c3*22-18-12-17(10-11-19(18)23)31(29,30)24-13-14-6-8-16(9-7-14)21(28)26-25-20(27)15-4-2-1-3-5-15/h3*1-12,24H,13H2,(H,25,27)(H,26,28). The third-order valence-corrected chi connectivity index (χ3v) is 17.7. The van der Waals surface area contributed by atoms with Gasteiger partial charge in [0.05, 0.1) is 29.8 Å². The van der Waals surface area contributed by atoms with Gasteiger partial charge in [0.1, 0.15) is 17.5 Å². The van der Waals surface area contributed by atoms with Gasteiger partial charge in [-0.25, -0.2) is 52.6 Å². The highest BCUT2D eigenvalue weighted by Crippen LogP contribution is 2.23. The van der Waals surface area contributed by atoms with Crippen LogP contribution in [0.1, 0.15) is 78.8 Å². The maximum absolute atomic E-state index is 13.2. The minimum Gasteiger partial charge on any atom is -0.267 e. The van der Waals surface area contributed by atoms with Crippen molar-refractivity contribution < 1.29 is 67.2 Å². The van der Waals surface area contributed by atoms with Gasteiger partial charge in [-0.2, -0.15) is 0 Å². The van der Waals surface area contributed by atoms with E-state index in [1.807, 2.05) is 0 Å². The molecule has 0 aliphatic rings. The highest BCUT2D eigenvalue weighted by molar-refractivity contribution is 7.90. The Balaban J connectivity index is 0.000000198. The van der Waals surface area contributed by atoms with E-state index in [4.69, 9.17) is 34.8 Å². The van der Waals surface area contributed by atoms with Gasteiger partial charge in [0.15, 0.2) is 0 Å². The van der Waals surface area contributed by atoms with Crippen molar-refractivity contribution in [2.75, 3.05) is 0 Å². The first kappa shape index (κ1) is 70.6. The van der Waals surface area contributed by atoms with E-state index >= 15 is 0 Å². The summed E-state index contributed by atoms with van der Waals surface area (Å²) in [6, 6.07) is 52.8. The van der Waals surface area contributed by atoms with Gasteiger partial charge in [0, 0.05) is 53.0 Å². The summed E-state index contributed by atoms with van der Waals surface area (Å²) in [5.74, 6) is -5.10. The Morgan fingerprint density at radius 2 is 0.473 bits per heavy atom. The summed E-state index contributed by atoms with van der Waals surface area (Å²) in [6.45, 7) is -0.155. The zero-order valence-corrected chi connectivity index (χ0v) is 52.5. The van der Waals surface area contributed by atoms with Gasteiger partial charge < -0.3 is 0 Å². The van der Waals surface area contributed by atoms with Crippen molar-refractivity contribution in [3.8, 4) is 0 Å². The van der Waals surface area contributed by atoms with Crippen LogP contribution in [0.15, 0.2) is 233 Å². The molecule has 0 atom stereocenters. The van der Waals surface area contributed by atoms with Crippen LogP contribution in [0.5, 0.6) is 0 Å². The molecule has 0 saturated heterocycles. The average Bonchev–Trinajstić information content (AvgIpc) is 0.968. The summed E-state index contributed by atoms with van der Waals surface area (Å²) in [7, 11) is -11.7. The maximum atomic E-state index is 13.2. The Kier molecular flexibility index (Phi) is 25.0. The normalized spacial score (nSPS) is 11.0. The van der Waals surface area contributed by atoms with Crippen LogP contribution in [0.3, 0.4) is 0 Å². The number of benzene rings is 9. The molecule has 21 nitrogen and oxygen atoms in total. The lowest BCUT2D eigenvalue weighted by Crippen LogP contribution is -2.41. The van der Waals surface area contributed by atoms with Crippen molar-refractivity contribution in [2.24, 2.45) is 0 Å². The average molecular weight is 1390 g/mol. The second-order valence-corrected chi connectivity index (χ2v) is 25.6. The van der Waals surface area contributed by atoms with Gasteiger partial charge in [-0.15, -0.1) is 0 Å². The molecule has 93 heavy (non-hydrogen) atoms. The molecular formula is C63H51Cl3F3N9O12S3. The Morgan fingerprint density at radius 1 is 0.280 bits per heavy atom. The largest absolute Gasteiger partial charge is 0.269 e. The van der Waals surface area contributed by atoms with Gasteiger partial charge in [-0.3, -0.25) is 61.3 Å². The predicted molar refractivity (Wildman–Crippen MR) is 340 cm³/mol. The fourth-order valence-electron chi connectivity index (χ4n) is 7.58. The molecular weight excluding hydrogens is 1330 g/mol. The fraction of sp³-hybridized carbons (Fsp3) is 0.0476. The molecule has 0 spiro atoms. The Morgan fingerprint density at radius 3 is 0.667 bits per heavy atom. The number of carbonyl (C=O) groups excluding carboxylic acids is 6. The fourth-order valence-corrected chi connectivity index (χ4v) is 11.4. The summed E-state index contributed by atoms with van der Waals surface area (Å²) in [5.41, 5.74) is 17.6. The van der Waals surface area contributed by atoms with Crippen LogP contribution < -0.4 is 46.7 Å². The second kappa shape index (κ2) is 33.0. The number of nitrogens with one attached hydrogen (secondary N) is 9. The van der Waals surface area contributed by atoms with Crippen molar-refractivity contribution in [3.05, 3.63) is 301 Å². The summed E-state index contributed by atoms with van der Waals surface area (Å²) < 4.78 is 121. The summed E-state index contributed by atoms with van der Waals surface area (Å²) >= 11 is 16.9. The Hall–Kier alpha value is -9.81. The molecule has 480 valence electrons. The van der Waals surface area contributed by atoms with Gasteiger partial charge in [0.25, 0.3) is 35.4 Å². The summed E-state index contributed by atoms with van der Waals surface area (Å²) in [4.78, 5) is 71.9. The third kappa shape index (κ3) is 21.1. The molecule has 9 N–H and O–H groups in total. The molecule has 6 amide bonds. The number of amides is 6. The number of carbonyl (C=O) groups is 6. The molecule has 0 radical (unpaired) electrons. The van der Waals surface area contributed by atoms with Crippen LogP contribution in [-0.2, 0) is 49.7 Å². The first-order chi connectivity index (χ1) is 44.3. The molecule has 0 aromatic heterocycles. The van der Waals surface area contributed by atoms with Gasteiger partial charge in [-0.05, 0) is 144 Å². The smallest absolute Gasteiger partial charge is 0.267 e. The number of sulfonamides is 3.